The van der Waals surface area contributed by atoms with E-state index in [0.717, 1.165) is 30.6 Å². The lowest BCUT2D eigenvalue weighted by atomic mass is 10.0. The Morgan fingerprint density at radius 1 is 0.457 bits per heavy atom. The summed E-state index contributed by atoms with van der Waals surface area (Å²) in [5.74, 6) is -11.2. The molecule has 13 amide bonds. The predicted molar refractivity (Wildman–Crippen MR) is 348 cm³/mol. The molecule has 94 heavy (non-hydrogen) atoms. The Kier molecular flexibility index (Phi) is 35.7. The van der Waals surface area contributed by atoms with E-state index in [4.69, 9.17) is 40.1 Å². The summed E-state index contributed by atoms with van der Waals surface area (Å²) < 4.78 is 0. The van der Waals surface area contributed by atoms with Crippen LogP contribution in [-0.2, 0) is 62.3 Å². The fourth-order valence-electron chi connectivity index (χ4n) is 11.7. The van der Waals surface area contributed by atoms with Gasteiger partial charge in [-0.1, -0.05) is 85.0 Å². The van der Waals surface area contributed by atoms with Gasteiger partial charge in [0.15, 0.2) is 11.9 Å². The molecule has 0 saturated carbocycles. The van der Waals surface area contributed by atoms with Gasteiger partial charge in [0.25, 0.3) is 0 Å². The maximum atomic E-state index is 14.3. The van der Waals surface area contributed by atoms with Crippen LogP contribution in [0.4, 0.5) is 0 Å². The molecule has 0 aliphatic carbocycles. The van der Waals surface area contributed by atoms with E-state index in [2.05, 4.69) is 54.1 Å². The van der Waals surface area contributed by atoms with Crippen LogP contribution >= 0.6 is 0 Å². The Hall–Kier alpha value is -8.39. The first kappa shape index (κ1) is 79.8. The molecule has 3 aliphatic heterocycles. The van der Waals surface area contributed by atoms with E-state index in [1.54, 1.807) is 13.8 Å². The molecule has 33 heteroatoms. The second-order valence-corrected chi connectivity index (χ2v) is 24.8. The molecule has 0 bridgehead atoms. The molecule has 3 rings (SSSR count). The number of likely N-dealkylation sites (tertiary alicyclic amines) is 3. The zero-order valence-corrected chi connectivity index (χ0v) is 55.3. The molecule has 10 unspecified atom stereocenters. The van der Waals surface area contributed by atoms with Gasteiger partial charge >= 0.3 is 0 Å². The predicted octanol–water partition coefficient (Wildman–Crippen LogP) is -3.54. The highest BCUT2D eigenvalue weighted by molar-refractivity contribution is 6.00. The van der Waals surface area contributed by atoms with Crippen LogP contribution < -0.4 is 77.4 Å². The summed E-state index contributed by atoms with van der Waals surface area (Å²) in [4.78, 5) is 187. The van der Waals surface area contributed by atoms with Crippen molar-refractivity contribution in [3.63, 3.8) is 0 Å². The average Bonchev–Trinajstić information content (AvgIpc) is 1.62. The average molecular weight is 1330 g/mol. The van der Waals surface area contributed by atoms with Gasteiger partial charge < -0.3 is 97.2 Å². The molecular weight excluding hydrogens is 1220 g/mol. The van der Waals surface area contributed by atoms with Crippen molar-refractivity contribution in [3.8, 4) is 0 Å². The molecular formula is C61H107N19O14. The second-order valence-electron chi connectivity index (χ2n) is 24.8. The number of carbonyl (C=O) groups excluding carboxylic acids is 13. The zero-order chi connectivity index (χ0) is 70.0. The second kappa shape index (κ2) is 42.0. The van der Waals surface area contributed by atoms with Gasteiger partial charge in [0.05, 0.1) is 13.0 Å². The number of carbonyl (C=O) groups is 13. The Morgan fingerprint density at radius 2 is 0.926 bits per heavy atom. The molecule has 3 aliphatic rings. The fourth-order valence-corrected chi connectivity index (χ4v) is 11.7. The van der Waals surface area contributed by atoms with Gasteiger partial charge in [-0.25, -0.2) is 0 Å². The van der Waals surface area contributed by atoms with E-state index < -0.39 is 150 Å². The minimum atomic E-state index is -1.78. The molecule has 3 fully saturated rings. The number of aliphatic imine (C=N–C) groups is 2. The first-order chi connectivity index (χ1) is 44.6. The zero-order valence-electron chi connectivity index (χ0n) is 55.3. The van der Waals surface area contributed by atoms with Crippen LogP contribution in [0.5, 0.6) is 0 Å². The Morgan fingerprint density at radius 3 is 1.45 bits per heavy atom. The first-order valence-corrected chi connectivity index (χ1v) is 33.2. The number of guanidine groups is 2. The Balaban J connectivity index is 1.67. The van der Waals surface area contributed by atoms with E-state index in [0.29, 0.717) is 19.3 Å². The number of hydrogen-bond donors (Lipinski definition) is 15. The van der Waals surface area contributed by atoms with E-state index in [-0.39, 0.29) is 121 Å². The van der Waals surface area contributed by atoms with Crippen LogP contribution in [0.3, 0.4) is 0 Å². The topological polar surface area (TPSA) is 543 Å². The third-order valence-corrected chi connectivity index (χ3v) is 16.8. The third kappa shape index (κ3) is 27.7. The summed E-state index contributed by atoms with van der Waals surface area (Å²) in [6.45, 7) is 6.12. The lowest BCUT2D eigenvalue weighted by Gasteiger charge is -2.33. The minimum Gasteiger partial charge on any atom is -0.394 e. The van der Waals surface area contributed by atoms with Crippen molar-refractivity contribution >= 4 is 88.7 Å². The highest BCUT2D eigenvalue weighted by Crippen LogP contribution is 2.27. The number of nitrogens with two attached hydrogens (primary N) is 7. The summed E-state index contributed by atoms with van der Waals surface area (Å²) in [6.07, 6.45) is 13.2. The van der Waals surface area contributed by atoms with E-state index >= 15 is 0 Å². The Labute approximate surface area is 550 Å². The van der Waals surface area contributed by atoms with Crippen LogP contribution in [0.15, 0.2) is 9.98 Å². The number of nitrogens with one attached hydrogen (secondary N) is 7. The first-order valence-electron chi connectivity index (χ1n) is 33.2. The lowest BCUT2D eigenvalue weighted by Crippen LogP contribution is -2.61. The van der Waals surface area contributed by atoms with Gasteiger partial charge in [0.1, 0.15) is 60.4 Å². The van der Waals surface area contributed by atoms with Crippen molar-refractivity contribution < 1.29 is 67.4 Å². The largest absolute Gasteiger partial charge is 0.394 e. The van der Waals surface area contributed by atoms with Crippen LogP contribution in [-0.4, -0.2) is 208 Å². The van der Waals surface area contributed by atoms with Crippen molar-refractivity contribution in [2.45, 2.75) is 249 Å². The van der Waals surface area contributed by atoms with E-state index in [1.165, 1.54) is 55.2 Å². The molecule has 0 aromatic carbocycles. The smallest absolute Gasteiger partial charge is 0.246 e. The normalized spacial score (nSPS) is 18.2. The number of aliphatic hydroxyl groups is 1. The fraction of sp³-hybridized carbons (Fsp3) is 0.754. The van der Waals surface area contributed by atoms with Crippen LogP contribution in [0.2, 0.25) is 0 Å². The molecule has 0 radical (unpaired) electrons. The van der Waals surface area contributed by atoms with E-state index in [9.17, 15) is 67.4 Å². The number of amides is 13. The van der Waals surface area contributed by atoms with Gasteiger partial charge in [-0.3, -0.25) is 72.3 Å². The summed E-state index contributed by atoms with van der Waals surface area (Å²) in [5.41, 5.74) is 38.3. The van der Waals surface area contributed by atoms with Crippen LogP contribution in [0.1, 0.15) is 188 Å². The molecule has 0 aromatic heterocycles. The monoisotopic (exact) mass is 1330 g/mol. The summed E-state index contributed by atoms with van der Waals surface area (Å²) in [7, 11) is 0. The molecule has 10 atom stereocenters. The molecule has 22 N–H and O–H groups in total. The van der Waals surface area contributed by atoms with Gasteiger partial charge in [0, 0.05) is 45.6 Å². The third-order valence-electron chi connectivity index (χ3n) is 16.8. The maximum Gasteiger partial charge on any atom is 0.246 e. The van der Waals surface area contributed by atoms with Crippen LogP contribution in [0, 0.1) is 5.92 Å². The summed E-state index contributed by atoms with van der Waals surface area (Å²) in [5, 5.41) is 28.2. The Bertz CT molecular complexity index is 2640. The highest BCUT2D eigenvalue weighted by Gasteiger charge is 2.45. The van der Waals surface area contributed by atoms with Gasteiger partial charge in [-0.05, 0) is 89.9 Å². The standard InChI is InChI=1S/C61H107N19O14/c1-5-6-7-8-9-10-11-12-13-14-15-26-48(84)72-40(27-28-46(62)82)57(92)80-33-20-25-45(80)59(94)79-32-19-23-43(79)54(89)71-37(4)51(86)76-42(35-81)53(88)75-41(34-47(63)83)58(93)78-31-18-24-44(78)55(90)74-39(22-17-30-70-61(67)68)52(87)77-49(36(2)3)56(91)73-38(50(64)85)21-16-29-69-60(65)66/h36-45,49,81H,5-35H2,1-4H3,(H2,62,82)(H2,63,83)(H2,64,85)(H,71,89)(H,72,84)(H,73,91)(H,74,90)(H,75,88)(H,76,86)(H,77,87)(H4,65,66,69)(H4,67,68,70). The summed E-state index contributed by atoms with van der Waals surface area (Å²) >= 11 is 0. The number of primary amides is 3. The summed E-state index contributed by atoms with van der Waals surface area (Å²) in [6, 6.07) is -13.2. The molecule has 33 nitrogen and oxygen atoms in total. The number of nitrogens with zero attached hydrogens (tertiary/aromatic N) is 5. The van der Waals surface area contributed by atoms with Gasteiger partial charge in [-0.2, -0.15) is 0 Å². The molecule has 0 aromatic rings. The maximum absolute atomic E-state index is 14.3. The minimum absolute atomic E-state index is 0.0303. The number of aliphatic hydroxyl groups excluding tert-OH is 1. The number of hydrogen-bond acceptors (Lipinski definition) is 16. The number of unbranched alkanes of at least 4 members (excludes halogenated alkanes) is 10. The van der Waals surface area contributed by atoms with Gasteiger partial charge in [-0.15, -0.1) is 0 Å². The molecule has 530 valence electrons. The molecule has 0 spiro atoms. The van der Waals surface area contributed by atoms with Gasteiger partial charge in [0.2, 0.25) is 76.8 Å². The van der Waals surface area contributed by atoms with Crippen LogP contribution in [0.25, 0.3) is 0 Å². The van der Waals surface area contributed by atoms with Crippen molar-refractivity contribution in [2.75, 3.05) is 39.3 Å². The molecule has 3 saturated heterocycles. The number of rotatable bonds is 44. The van der Waals surface area contributed by atoms with Crippen molar-refractivity contribution in [2.24, 2.45) is 56.0 Å². The SMILES string of the molecule is CCCCCCCCCCCCCC(=O)NC(CCC(N)=O)C(=O)N1CCCC1C(=O)N1CCCC1C(=O)NC(C)C(=O)NC(CO)C(=O)NC(CC(N)=O)C(=O)N1CCCC1C(=O)NC(CCCN=C(N)N)C(=O)NC(C(=O)NC(CCCN=C(N)N)C(N)=O)C(C)C. The van der Waals surface area contributed by atoms with Crippen molar-refractivity contribution in [1.82, 2.24) is 51.9 Å². The highest BCUT2D eigenvalue weighted by atomic mass is 16.3. The van der Waals surface area contributed by atoms with Crippen molar-refractivity contribution in [3.05, 3.63) is 0 Å². The quantitative estimate of drug-likeness (QED) is 0.0160. The van der Waals surface area contributed by atoms with E-state index in [1.807, 2.05) is 0 Å². The van der Waals surface area contributed by atoms with Crippen molar-refractivity contribution in [1.29, 1.82) is 0 Å². The molecule has 3 heterocycles. The lowest BCUT2D eigenvalue weighted by molar-refractivity contribution is -0.148.